The molecular formula is C17H27N. The monoisotopic (exact) mass is 245 g/mol. The summed E-state index contributed by atoms with van der Waals surface area (Å²) in [5.74, 6) is 0. The first kappa shape index (κ1) is 13.6. The summed E-state index contributed by atoms with van der Waals surface area (Å²) in [7, 11) is 0. The van der Waals surface area contributed by atoms with E-state index in [4.69, 9.17) is 0 Å². The smallest absolute Gasteiger partial charge is 0.0351 e. The van der Waals surface area contributed by atoms with Gasteiger partial charge in [0, 0.05) is 12.1 Å². The molecular weight excluding hydrogens is 218 g/mol. The molecule has 0 aliphatic carbocycles. The van der Waals surface area contributed by atoms with Gasteiger partial charge in [-0.05, 0) is 37.3 Å². The normalized spacial score (nSPS) is 23.9. The number of likely N-dealkylation sites (tertiary alicyclic amines) is 1. The van der Waals surface area contributed by atoms with Crippen LogP contribution in [0.4, 0.5) is 0 Å². The van der Waals surface area contributed by atoms with Crippen molar-refractivity contribution in [1.82, 2.24) is 4.90 Å². The van der Waals surface area contributed by atoms with Crippen LogP contribution in [0.2, 0.25) is 0 Å². The van der Waals surface area contributed by atoms with Gasteiger partial charge in [0.1, 0.15) is 0 Å². The van der Waals surface area contributed by atoms with Crippen LogP contribution >= 0.6 is 0 Å². The summed E-state index contributed by atoms with van der Waals surface area (Å²) >= 11 is 0. The van der Waals surface area contributed by atoms with Gasteiger partial charge in [0.05, 0.1) is 0 Å². The second kappa shape index (κ2) is 5.44. The maximum Gasteiger partial charge on any atom is 0.0351 e. The number of hydrogen-bond donors (Lipinski definition) is 0. The van der Waals surface area contributed by atoms with Crippen LogP contribution in [0.25, 0.3) is 0 Å². The van der Waals surface area contributed by atoms with Crippen LogP contribution in [0.1, 0.15) is 58.6 Å². The molecule has 2 unspecified atom stereocenters. The molecule has 100 valence electrons. The standard InChI is InChI=1S/C17H27N/c1-14(17(2,3)4)18-13-9-8-12-16(18)15-10-6-5-7-11-15/h5-7,10-11,14,16H,8-9,12-13H2,1-4H3. The summed E-state index contributed by atoms with van der Waals surface area (Å²) in [6, 6.07) is 12.3. The highest BCUT2D eigenvalue weighted by molar-refractivity contribution is 5.20. The van der Waals surface area contributed by atoms with E-state index in [1.807, 2.05) is 0 Å². The van der Waals surface area contributed by atoms with Gasteiger partial charge in [-0.2, -0.15) is 0 Å². The molecule has 1 aromatic rings. The summed E-state index contributed by atoms with van der Waals surface area (Å²) < 4.78 is 0. The van der Waals surface area contributed by atoms with Crippen molar-refractivity contribution in [3.05, 3.63) is 35.9 Å². The van der Waals surface area contributed by atoms with Crippen LogP contribution in [0, 0.1) is 5.41 Å². The van der Waals surface area contributed by atoms with Gasteiger partial charge in [-0.1, -0.05) is 57.5 Å². The first-order chi connectivity index (χ1) is 8.50. The fourth-order valence-electron chi connectivity index (χ4n) is 2.95. The van der Waals surface area contributed by atoms with E-state index in [0.717, 1.165) is 0 Å². The SMILES string of the molecule is CC(N1CCCCC1c1ccccc1)C(C)(C)C. The summed E-state index contributed by atoms with van der Waals surface area (Å²) in [6.07, 6.45) is 4.03. The lowest BCUT2D eigenvalue weighted by Gasteiger charge is -2.45. The second-order valence-electron chi connectivity index (χ2n) is 6.70. The first-order valence-corrected chi connectivity index (χ1v) is 7.31. The Morgan fingerprint density at radius 3 is 2.39 bits per heavy atom. The lowest BCUT2D eigenvalue weighted by Crippen LogP contribution is -2.46. The molecule has 1 aromatic carbocycles. The highest BCUT2D eigenvalue weighted by atomic mass is 15.2. The fraction of sp³-hybridized carbons (Fsp3) is 0.647. The van der Waals surface area contributed by atoms with Crippen molar-refractivity contribution in [1.29, 1.82) is 0 Å². The molecule has 0 N–H and O–H groups in total. The maximum atomic E-state index is 2.72. The van der Waals surface area contributed by atoms with Crippen LogP contribution in [0.15, 0.2) is 30.3 Å². The van der Waals surface area contributed by atoms with Crippen molar-refractivity contribution in [2.45, 2.75) is 59.0 Å². The highest BCUT2D eigenvalue weighted by Gasteiger charge is 2.33. The minimum Gasteiger partial charge on any atom is -0.293 e. The molecule has 0 saturated carbocycles. The molecule has 0 bridgehead atoms. The largest absolute Gasteiger partial charge is 0.293 e. The van der Waals surface area contributed by atoms with Crippen LogP contribution in [0.5, 0.6) is 0 Å². The van der Waals surface area contributed by atoms with Crippen molar-refractivity contribution in [3.8, 4) is 0 Å². The molecule has 1 aliphatic heterocycles. The molecule has 2 atom stereocenters. The van der Waals surface area contributed by atoms with Gasteiger partial charge in [-0.3, -0.25) is 4.90 Å². The van der Waals surface area contributed by atoms with Crippen LogP contribution in [0.3, 0.4) is 0 Å². The van der Waals surface area contributed by atoms with E-state index >= 15 is 0 Å². The summed E-state index contributed by atoms with van der Waals surface area (Å²) in [6.45, 7) is 10.7. The number of hydrogen-bond acceptors (Lipinski definition) is 1. The van der Waals surface area contributed by atoms with Crippen molar-refractivity contribution < 1.29 is 0 Å². The molecule has 1 aliphatic rings. The minimum absolute atomic E-state index is 0.352. The molecule has 2 rings (SSSR count). The average Bonchev–Trinajstić information content (AvgIpc) is 2.38. The lowest BCUT2D eigenvalue weighted by molar-refractivity contribution is 0.0435. The van der Waals surface area contributed by atoms with Gasteiger partial charge in [0.25, 0.3) is 0 Å². The minimum atomic E-state index is 0.352. The Labute approximate surface area is 112 Å². The molecule has 1 nitrogen and oxygen atoms in total. The van der Waals surface area contributed by atoms with Crippen LogP contribution < -0.4 is 0 Å². The Kier molecular flexibility index (Phi) is 4.11. The van der Waals surface area contributed by atoms with Crippen molar-refractivity contribution in [2.75, 3.05) is 6.54 Å². The Hall–Kier alpha value is -0.820. The highest BCUT2D eigenvalue weighted by Crippen LogP contribution is 2.37. The van der Waals surface area contributed by atoms with Crippen LogP contribution in [-0.4, -0.2) is 17.5 Å². The zero-order valence-electron chi connectivity index (χ0n) is 12.3. The number of piperidine rings is 1. The molecule has 1 heterocycles. The predicted molar refractivity (Wildman–Crippen MR) is 78.7 cm³/mol. The van der Waals surface area contributed by atoms with E-state index in [0.29, 0.717) is 17.5 Å². The van der Waals surface area contributed by atoms with Gasteiger partial charge in [-0.25, -0.2) is 0 Å². The van der Waals surface area contributed by atoms with Crippen molar-refractivity contribution in [2.24, 2.45) is 5.41 Å². The zero-order chi connectivity index (χ0) is 13.2. The van der Waals surface area contributed by atoms with Crippen LogP contribution in [-0.2, 0) is 0 Å². The predicted octanol–water partition coefficient (Wildman–Crippen LogP) is 4.65. The third kappa shape index (κ3) is 2.95. The van der Waals surface area contributed by atoms with Crippen molar-refractivity contribution in [3.63, 3.8) is 0 Å². The van der Waals surface area contributed by atoms with Gasteiger partial charge < -0.3 is 0 Å². The Morgan fingerprint density at radius 1 is 1.11 bits per heavy atom. The number of benzene rings is 1. The molecule has 18 heavy (non-hydrogen) atoms. The zero-order valence-corrected chi connectivity index (χ0v) is 12.3. The third-order valence-electron chi connectivity index (χ3n) is 4.48. The molecule has 0 amide bonds. The number of nitrogens with zero attached hydrogens (tertiary/aromatic N) is 1. The third-order valence-corrected chi connectivity index (χ3v) is 4.48. The van der Waals surface area contributed by atoms with E-state index in [-0.39, 0.29) is 0 Å². The molecule has 0 aromatic heterocycles. The summed E-state index contributed by atoms with van der Waals surface area (Å²) in [5, 5.41) is 0. The molecule has 0 radical (unpaired) electrons. The topological polar surface area (TPSA) is 3.24 Å². The van der Waals surface area contributed by atoms with Gasteiger partial charge in [-0.15, -0.1) is 0 Å². The Balaban J connectivity index is 2.22. The van der Waals surface area contributed by atoms with Gasteiger partial charge in [0.2, 0.25) is 0 Å². The summed E-state index contributed by atoms with van der Waals surface area (Å²) in [4.78, 5) is 2.72. The van der Waals surface area contributed by atoms with E-state index < -0.39 is 0 Å². The molecule has 1 heteroatoms. The van der Waals surface area contributed by atoms with E-state index in [1.165, 1.54) is 31.4 Å². The van der Waals surface area contributed by atoms with Crippen molar-refractivity contribution >= 4 is 0 Å². The Bertz CT molecular complexity index is 363. The fourth-order valence-corrected chi connectivity index (χ4v) is 2.95. The summed E-state index contributed by atoms with van der Waals surface area (Å²) in [5.41, 5.74) is 1.85. The second-order valence-corrected chi connectivity index (χ2v) is 6.70. The maximum absolute atomic E-state index is 2.72. The molecule has 1 fully saturated rings. The molecule has 0 spiro atoms. The van der Waals surface area contributed by atoms with Gasteiger partial charge in [0.15, 0.2) is 0 Å². The first-order valence-electron chi connectivity index (χ1n) is 7.31. The lowest BCUT2D eigenvalue weighted by atomic mass is 9.83. The van der Waals surface area contributed by atoms with E-state index in [1.54, 1.807) is 0 Å². The molecule has 1 saturated heterocycles. The van der Waals surface area contributed by atoms with E-state index in [2.05, 4.69) is 62.9 Å². The van der Waals surface area contributed by atoms with E-state index in [9.17, 15) is 0 Å². The number of rotatable bonds is 2. The van der Waals surface area contributed by atoms with Gasteiger partial charge >= 0.3 is 0 Å². The quantitative estimate of drug-likeness (QED) is 0.733. The Morgan fingerprint density at radius 2 is 1.78 bits per heavy atom. The average molecular weight is 245 g/mol.